The third-order valence-electron chi connectivity index (χ3n) is 4.27. The topological polar surface area (TPSA) is 73.6 Å². The molecule has 25 heavy (non-hydrogen) atoms. The quantitative estimate of drug-likeness (QED) is 0.658. The Labute approximate surface area is 152 Å². The Kier molecular flexibility index (Phi) is 4.16. The number of ether oxygens (including phenoxy) is 1. The first-order valence-corrected chi connectivity index (χ1v) is 9.78. The van der Waals surface area contributed by atoms with Crippen molar-refractivity contribution in [2.45, 2.75) is 39.7 Å². The highest BCUT2D eigenvalue weighted by Crippen LogP contribution is 2.32. The number of aryl methyl sites for hydroxylation is 2. The number of fused-ring (bicyclic) bond motifs is 2. The van der Waals surface area contributed by atoms with Crippen LogP contribution in [0.2, 0.25) is 0 Å². The third kappa shape index (κ3) is 3.23. The summed E-state index contributed by atoms with van der Waals surface area (Å²) in [7, 11) is 0. The van der Waals surface area contributed by atoms with E-state index in [9.17, 15) is 9.59 Å². The van der Waals surface area contributed by atoms with Gasteiger partial charge >= 0.3 is 5.97 Å². The number of carbonyl (C=O) groups is 1. The Morgan fingerprint density at radius 1 is 1.40 bits per heavy atom. The fourth-order valence-corrected chi connectivity index (χ4v) is 4.98. The van der Waals surface area contributed by atoms with E-state index in [4.69, 9.17) is 4.74 Å². The standard InChI is InChI=1S/C17H17N3O3S2/c1-9-3-4-12-11(5-9)7-13(24-12)16(22)23-8-14-19-20-15(21)6-10(2)18-17(20)25-14/h6-7,9H,3-5,8H2,1-2H3/t9-/m1/s1. The minimum absolute atomic E-state index is 0.0459. The number of rotatable bonds is 3. The Bertz CT molecular complexity index is 1020. The maximum atomic E-state index is 12.3. The first-order valence-electron chi connectivity index (χ1n) is 8.14. The molecule has 3 aromatic heterocycles. The number of hydrogen-bond acceptors (Lipinski definition) is 7. The van der Waals surface area contributed by atoms with Crippen molar-refractivity contribution in [2.24, 2.45) is 5.92 Å². The van der Waals surface area contributed by atoms with Gasteiger partial charge in [0.2, 0.25) is 4.96 Å². The number of carbonyl (C=O) groups excluding carboxylic acids is 1. The number of thiophene rings is 1. The molecule has 0 N–H and O–H groups in total. The number of hydrogen-bond donors (Lipinski definition) is 0. The zero-order valence-corrected chi connectivity index (χ0v) is 15.6. The summed E-state index contributed by atoms with van der Waals surface area (Å²) < 4.78 is 6.64. The molecular formula is C17H17N3O3S2. The highest BCUT2D eigenvalue weighted by atomic mass is 32.1. The van der Waals surface area contributed by atoms with Gasteiger partial charge in [-0.2, -0.15) is 9.61 Å². The second kappa shape index (κ2) is 6.34. The average Bonchev–Trinajstić information content (AvgIpc) is 3.15. The summed E-state index contributed by atoms with van der Waals surface area (Å²) in [5, 5.41) is 4.73. The fraction of sp³-hybridized carbons (Fsp3) is 0.412. The second-order valence-corrected chi connectivity index (χ2v) is 8.59. The van der Waals surface area contributed by atoms with Crippen LogP contribution in [0.5, 0.6) is 0 Å². The van der Waals surface area contributed by atoms with E-state index in [-0.39, 0.29) is 18.1 Å². The lowest BCUT2D eigenvalue weighted by Crippen LogP contribution is -2.14. The van der Waals surface area contributed by atoms with Crippen molar-refractivity contribution in [3.63, 3.8) is 0 Å². The second-order valence-electron chi connectivity index (χ2n) is 6.41. The minimum Gasteiger partial charge on any atom is -0.454 e. The van der Waals surface area contributed by atoms with Gasteiger partial charge < -0.3 is 4.74 Å². The van der Waals surface area contributed by atoms with E-state index in [1.807, 2.05) is 6.07 Å². The van der Waals surface area contributed by atoms with Gasteiger partial charge in [0.25, 0.3) is 5.56 Å². The summed E-state index contributed by atoms with van der Waals surface area (Å²) in [4.78, 5) is 30.9. The summed E-state index contributed by atoms with van der Waals surface area (Å²) >= 11 is 2.79. The largest absolute Gasteiger partial charge is 0.454 e. The molecule has 0 saturated heterocycles. The molecule has 0 amide bonds. The zero-order valence-electron chi connectivity index (χ0n) is 13.9. The van der Waals surface area contributed by atoms with Gasteiger partial charge in [0.05, 0.1) is 0 Å². The van der Waals surface area contributed by atoms with Gasteiger partial charge in [-0.15, -0.1) is 11.3 Å². The van der Waals surface area contributed by atoms with Crippen molar-refractivity contribution in [2.75, 3.05) is 0 Å². The maximum Gasteiger partial charge on any atom is 0.348 e. The molecule has 130 valence electrons. The summed E-state index contributed by atoms with van der Waals surface area (Å²) in [6.45, 7) is 4.05. The van der Waals surface area contributed by atoms with Crippen LogP contribution in [0.3, 0.4) is 0 Å². The molecule has 3 aromatic rings. The van der Waals surface area contributed by atoms with Gasteiger partial charge in [-0.25, -0.2) is 9.78 Å². The summed E-state index contributed by atoms with van der Waals surface area (Å²) in [5.74, 6) is 0.339. The van der Waals surface area contributed by atoms with Crippen molar-refractivity contribution >= 4 is 33.6 Å². The molecule has 0 saturated carbocycles. The van der Waals surface area contributed by atoms with E-state index in [1.54, 1.807) is 6.92 Å². The molecule has 6 nitrogen and oxygen atoms in total. The highest BCUT2D eigenvalue weighted by Gasteiger charge is 2.21. The lowest BCUT2D eigenvalue weighted by atomic mass is 9.90. The Morgan fingerprint density at radius 3 is 3.08 bits per heavy atom. The molecule has 0 aliphatic heterocycles. The van der Waals surface area contributed by atoms with Gasteiger partial charge in [0.1, 0.15) is 11.5 Å². The van der Waals surface area contributed by atoms with Crippen LogP contribution in [0.15, 0.2) is 16.9 Å². The van der Waals surface area contributed by atoms with Crippen molar-refractivity contribution in [1.82, 2.24) is 14.6 Å². The molecule has 0 radical (unpaired) electrons. The minimum atomic E-state index is -0.331. The zero-order chi connectivity index (χ0) is 17.6. The van der Waals surface area contributed by atoms with Crippen LogP contribution in [0.4, 0.5) is 0 Å². The van der Waals surface area contributed by atoms with Crippen LogP contribution in [-0.4, -0.2) is 20.6 Å². The van der Waals surface area contributed by atoms with E-state index in [0.29, 0.717) is 26.5 Å². The van der Waals surface area contributed by atoms with Crippen LogP contribution < -0.4 is 5.56 Å². The molecule has 3 heterocycles. The lowest BCUT2D eigenvalue weighted by molar-refractivity contribution is 0.0477. The van der Waals surface area contributed by atoms with Crippen LogP contribution in [0.1, 0.15) is 44.2 Å². The third-order valence-corrected chi connectivity index (χ3v) is 6.37. The molecule has 4 rings (SSSR count). The van der Waals surface area contributed by atoms with Gasteiger partial charge in [0, 0.05) is 16.6 Å². The lowest BCUT2D eigenvalue weighted by Gasteiger charge is -2.16. The van der Waals surface area contributed by atoms with Gasteiger partial charge in [-0.1, -0.05) is 18.3 Å². The number of aromatic nitrogens is 3. The monoisotopic (exact) mass is 375 g/mol. The molecular weight excluding hydrogens is 358 g/mol. The van der Waals surface area contributed by atoms with Crippen molar-refractivity contribution in [1.29, 1.82) is 0 Å². The molecule has 1 atom stereocenters. The normalized spacial score (nSPS) is 16.8. The molecule has 0 spiro atoms. The van der Waals surface area contributed by atoms with E-state index < -0.39 is 0 Å². The molecule has 1 aliphatic rings. The van der Waals surface area contributed by atoms with Crippen molar-refractivity contribution < 1.29 is 9.53 Å². The van der Waals surface area contributed by atoms with Gasteiger partial charge in [-0.05, 0) is 43.7 Å². The van der Waals surface area contributed by atoms with Crippen LogP contribution in [0, 0.1) is 12.8 Å². The summed E-state index contributed by atoms with van der Waals surface area (Å²) in [6, 6.07) is 3.39. The van der Waals surface area contributed by atoms with Crippen LogP contribution in [-0.2, 0) is 24.2 Å². The fourth-order valence-electron chi connectivity index (χ4n) is 3.02. The van der Waals surface area contributed by atoms with Crippen molar-refractivity contribution in [3.05, 3.63) is 48.5 Å². The summed E-state index contributed by atoms with van der Waals surface area (Å²) in [5.41, 5.74) is 1.70. The smallest absolute Gasteiger partial charge is 0.348 e. The molecule has 0 unspecified atom stereocenters. The molecule has 0 bridgehead atoms. The van der Waals surface area contributed by atoms with E-state index in [1.165, 1.54) is 50.1 Å². The number of esters is 1. The number of nitrogens with zero attached hydrogens (tertiary/aromatic N) is 3. The Balaban J connectivity index is 1.49. The van der Waals surface area contributed by atoms with E-state index >= 15 is 0 Å². The predicted octanol–water partition coefficient (Wildman–Crippen LogP) is 3.00. The predicted molar refractivity (Wildman–Crippen MR) is 96.5 cm³/mol. The molecule has 0 fully saturated rings. The average molecular weight is 375 g/mol. The molecule has 1 aliphatic carbocycles. The van der Waals surface area contributed by atoms with E-state index in [0.717, 1.165) is 12.8 Å². The SMILES string of the molecule is Cc1cc(=O)n2nc(COC(=O)c3cc4c(s3)CC[C@@H](C)C4)sc2n1. The first-order chi connectivity index (χ1) is 12.0. The Morgan fingerprint density at radius 2 is 2.24 bits per heavy atom. The molecule has 8 heteroatoms. The van der Waals surface area contributed by atoms with Crippen molar-refractivity contribution in [3.8, 4) is 0 Å². The van der Waals surface area contributed by atoms with Gasteiger partial charge in [-0.3, -0.25) is 4.79 Å². The Hall–Kier alpha value is -2.06. The molecule has 0 aromatic carbocycles. The highest BCUT2D eigenvalue weighted by molar-refractivity contribution is 7.16. The van der Waals surface area contributed by atoms with Crippen LogP contribution >= 0.6 is 22.7 Å². The van der Waals surface area contributed by atoms with E-state index in [2.05, 4.69) is 17.0 Å². The summed E-state index contributed by atoms with van der Waals surface area (Å²) in [6.07, 6.45) is 3.25. The maximum absolute atomic E-state index is 12.3. The van der Waals surface area contributed by atoms with Crippen LogP contribution in [0.25, 0.3) is 4.96 Å². The first kappa shape index (κ1) is 16.4. The van der Waals surface area contributed by atoms with Gasteiger partial charge in [0.15, 0.2) is 5.01 Å².